The van der Waals surface area contributed by atoms with E-state index in [0.29, 0.717) is 17.2 Å². The van der Waals surface area contributed by atoms with Gasteiger partial charge in [0.2, 0.25) is 11.6 Å². The molecule has 0 spiro atoms. The van der Waals surface area contributed by atoms with E-state index in [0.717, 1.165) is 0 Å². The molecule has 0 bridgehead atoms. The number of carboxylic acids is 1. The summed E-state index contributed by atoms with van der Waals surface area (Å²) in [5, 5.41) is 9.07. The van der Waals surface area contributed by atoms with Crippen LogP contribution in [0.4, 0.5) is 0 Å². The normalized spacial score (nSPS) is 10.0. The molecule has 21 heavy (non-hydrogen) atoms. The maximum absolute atomic E-state index is 11.1. The topological polar surface area (TPSA) is 77.9 Å². The van der Waals surface area contributed by atoms with Crippen LogP contribution in [0.2, 0.25) is 5.02 Å². The van der Waals surface area contributed by atoms with Gasteiger partial charge in [0.05, 0.1) is 31.0 Å². The lowest BCUT2D eigenvalue weighted by Gasteiger charge is -2.13. The Morgan fingerprint density at radius 1 is 1.24 bits per heavy atom. The summed E-state index contributed by atoms with van der Waals surface area (Å²) >= 11 is 5.76. The number of hydrogen-bond acceptors (Lipinski definition) is 5. The van der Waals surface area contributed by atoms with Crippen LogP contribution < -0.4 is 14.2 Å². The number of carbonyl (C=O) groups is 1. The molecule has 110 valence electrons. The number of ether oxygens (including phenoxy) is 3. The molecule has 7 heteroatoms. The third-order valence-corrected chi connectivity index (χ3v) is 2.95. The molecule has 1 aromatic carbocycles. The Morgan fingerprint density at radius 2 is 1.86 bits per heavy atom. The zero-order valence-electron chi connectivity index (χ0n) is 11.3. The third kappa shape index (κ3) is 3.17. The first-order chi connectivity index (χ1) is 10.1. The predicted octanol–water partition coefficient (Wildman–Crippen LogP) is 3.24. The molecule has 1 heterocycles. The van der Waals surface area contributed by atoms with Gasteiger partial charge in [-0.1, -0.05) is 17.7 Å². The fourth-order valence-electron chi connectivity index (χ4n) is 1.66. The Bertz CT molecular complexity index is 652. The van der Waals surface area contributed by atoms with E-state index in [4.69, 9.17) is 30.9 Å². The van der Waals surface area contributed by atoms with Gasteiger partial charge < -0.3 is 19.3 Å². The van der Waals surface area contributed by atoms with Gasteiger partial charge >= 0.3 is 5.97 Å². The number of benzene rings is 1. The number of hydrogen-bond donors (Lipinski definition) is 1. The zero-order valence-corrected chi connectivity index (χ0v) is 12.0. The summed E-state index contributed by atoms with van der Waals surface area (Å²) in [5.74, 6) is 0.0680. The van der Waals surface area contributed by atoms with E-state index in [9.17, 15) is 4.79 Å². The van der Waals surface area contributed by atoms with Gasteiger partial charge in [0, 0.05) is 6.07 Å². The number of halogens is 1. The number of nitrogens with zero attached hydrogens (tertiary/aromatic N) is 1. The Hall–Kier alpha value is -2.47. The molecule has 1 N–H and O–H groups in total. The molecule has 0 aliphatic rings. The van der Waals surface area contributed by atoms with E-state index >= 15 is 0 Å². The van der Waals surface area contributed by atoms with Gasteiger partial charge in [-0.2, -0.15) is 0 Å². The zero-order chi connectivity index (χ0) is 15.4. The van der Waals surface area contributed by atoms with Gasteiger partial charge in [-0.3, -0.25) is 0 Å². The summed E-state index contributed by atoms with van der Waals surface area (Å²) in [6.45, 7) is 0. The highest BCUT2D eigenvalue weighted by Gasteiger charge is 2.16. The van der Waals surface area contributed by atoms with Crippen LogP contribution in [0.25, 0.3) is 0 Å². The van der Waals surface area contributed by atoms with E-state index < -0.39 is 5.97 Å². The molecule has 0 saturated heterocycles. The van der Waals surface area contributed by atoms with E-state index in [1.807, 2.05) is 0 Å². The number of methoxy groups -OCH3 is 2. The average Bonchev–Trinajstić information content (AvgIpc) is 2.49. The Labute approximate surface area is 125 Å². The number of para-hydroxylation sites is 1. The second-order valence-electron chi connectivity index (χ2n) is 3.90. The molecule has 0 unspecified atom stereocenters. The van der Waals surface area contributed by atoms with Crippen molar-refractivity contribution in [2.45, 2.75) is 0 Å². The van der Waals surface area contributed by atoms with Crippen molar-refractivity contribution >= 4 is 17.6 Å². The van der Waals surface area contributed by atoms with Gasteiger partial charge in [0.1, 0.15) is 0 Å². The highest BCUT2D eigenvalue weighted by atomic mass is 35.5. The maximum atomic E-state index is 11.1. The van der Waals surface area contributed by atoms with Gasteiger partial charge in [0.15, 0.2) is 11.5 Å². The second kappa shape index (κ2) is 6.32. The first kappa shape index (κ1) is 14.9. The molecule has 0 amide bonds. The van der Waals surface area contributed by atoms with E-state index in [1.54, 1.807) is 18.2 Å². The average molecular weight is 310 g/mol. The minimum Gasteiger partial charge on any atom is -0.493 e. The lowest BCUT2D eigenvalue weighted by atomic mass is 10.2. The molecule has 6 nitrogen and oxygen atoms in total. The van der Waals surface area contributed by atoms with Crippen molar-refractivity contribution in [2.75, 3.05) is 14.2 Å². The van der Waals surface area contributed by atoms with Crippen LogP contribution in [0.1, 0.15) is 10.4 Å². The van der Waals surface area contributed by atoms with Crippen molar-refractivity contribution in [2.24, 2.45) is 0 Å². The summed E-state index contributed by atoms with van der Waals surface area (Å²) in [6.07, 6.45) is 1.21. The highest BCUT2D eigenvalue weighted by molar-refractivity contribution is 6.33. The summed E-state index contributed by atoms with van der Waals surface area (Å²) in [5.41, 5.74) is -0.101. The van der Waals surface area contributed by atoms with Crippen LogP contribution in [0, 0.1) is 0 Å². The molecular formula is C14H12ClNO5. The number of rotatable bonds is 5. The summed E-state index contributed by atoms with van der Waals surface area (Å²) in [4.78, 5) is 15.0. The third-order valence-electron chi connectivity index (χ3n) is 2.65. The minimum absolute atomic E-state index is 0.0295. The van der Waals surface area contributed by atoms with Gasteiger partial charge in [0.25, 0.3) is 0 Å². The summed E-state index contributed by atoms with van der Waals surface area (Å²) in [7, 11) is 2.97. The van der Waals surface area contributed by atoms with E-state index in [2.05, 4.69) is 4.98 Å². The first-order valence-electron chi connectivity index (χ1n) is 5.84. The Balaban J connectivity index is 2.43. The maximum Gasteiger partial charge on any atom is 0.337 e. The standard InChI is InChI=1S/C14H12ClNO5/c1-19-10-4-3-5-11(20-2)13(10)21-12-6-8(14(17)18)9(15)7-16-12/h3-7H,1-2H3,(H,17,18). The largest absolute Gasteiger partial charge is 0.493 e. The molecule has 1 aromatic heterocycles. The van der Waals surface area contributed by atoms with Gasteiger partial charge in [-0.25, -0.2) is 9.78 Å². The molecule has 0 saturated carbocycles. The minimum atomic E-state index is -1.17. The summed E-state index contributed by atoms with van der Waals surface area (Å²) < 4.78 is 16.0. The first-order valence-corrected chi connectivity index (χ1v) is 6.22. The van der Waals surface area contributed by atoms with Crippen LogP contribution in [0.3, 0.4) is 0 Å². The fourth-order valence-corrected chi connectivity index (χ4v) is 1.85. The molecule has 0 aliphatic carbocycles. The molecule has 0 atom stereocenters. The number of pyridine rings is 1. The van der Waals surface area contributed by atoms with Crippen LogP contribution in [0.15, 0.2) is 30.5 Å². The molecule has 2 aromatic rings. The van der Waals surface area contributed by atoms with Crippen molar-refractivity contribution in [1.29, 1.82) is 0 Å². The second-order valence-corrected chi connectivity index (χ2v) is 4.31. The van der Waals surface area contributed by atoms with Crippen molar-refractivity contribution in [3.63, 3.8) is 0 Å². The smallest absolute Gasteiger partial charge is 0.337 e. The van der Waals surface area contributed by atoms with Crippen LogP contribution in [-0.2, 0) is 0 Å². The van der Waals surface area contributed by atoms with Gasteiger partial charge in [-0.15, -0.1) is 0 Å². The molecule has 2 rings (SSSR count). The Morgan fingerprint density at radius 3 is 2.38 bits per heavy atom. The Kier molecular flexibility index (Phi) is 4.49. The van der Waals surface area contributed by atoms with Crippen LogP contribution in [-0.4, -0.2) is 30.3 Å². The van der Waals surface area contributed by atoms with Crippen molar-refractivity contribution in [1.82, 2.24) is 4.98 Å². The SMILES string of the molecule is COc1cccc(OC)c1Oc1cc(C(=O)O)c(Cl)cn1. The van der Waals surface area contributed by atoms with Gasteiger partial charge in [-0.05, 0) is 12.1 Å². The number of aromatic carboxylic acids is 1. The van der Waals surface area contributed by atoms with E-state index in [1.165, 1.54) is 26.5 Å². The fraction of sp³-hybridized carbons (Fsp3) is 0.143. The van der Waals surface area contributed by atoms with Crippen molar-refractivity contribution in [3.05, 3.63) is 41.0 Å². The number of aromatic nitrogens is 1. The van der Waals surface area contributed by atoms with Crippen molar-refractivity contribution in [3.8, 4) is 23.1 Å². The quantitative estimate of drug-likeness (QED) is 0.913. The monoisotopic (exact) mass is 309 g/mol. The lowest BCUT2D eigenvalue weighted by Crippen LogP contribution is -2.00. The lowest BCUT2D eigenvalue weighted by molar-refractivity contribution is 0.0696. The predicted molar refractivity (Wildman–Crippen MR) is 75.8 cm³/mol. The highest BCUT2D eigenvalue weighted by Crippen LogP contribution is 2.39. The van der Waals surface area contributed by atoms with Crippen LogP contribution in [0.5, 0.6) is 23.1 Å². The van der Waals surface area contributed by atoms with E-state index in [-0.39, 0.29) is 16.5 Å². The number of carboxylic acid groups (broad SMARTS) is 1. The van der Waals surface area contributed by atoms with Crippen molar-refractivity contribution < 1.29 is 24.1 Å². The van der Waals surface area contributed by atoms with Crippen LogP contribution >= 0.6 is 11.6 Å². The molecular weight excluding hydrogens is 298 g/mol. The molecule has 0 aliphatic heterocycles. The molecule has 0 radical (unpaired) electrons. The summed E-state index contributed by atoms with van der Waals surface area (Å²) in [6, 6.07) is 6.34. The molecule has 0 fully saturated rings.